The zero-order valence-corrected chi connectivity index (χ0v) is 15.6. The number of anilines is 1. The Bertz CT molecular complexity index is 862. The molecule has 2 aromatic rings. The Kier molecular flexibility index (Phi) is 7.02. The van der Waals surface area contributed by atoms with E-state index in [-0.39, 0.29) is 18.4 Å². The summed E-state index contributed by atoms with van der Waals surface area (Å²) in [5.74, 6) is -0.548. The molecule has 0 radical (unpaired) electrons. The second-order valence-electron chi connectivity index (χ2n) is 5.67. The number of carbonyl (C=O) groups excluding carboxylic acids is 2. The molecule has 0 aliphatic carbocycles. The number of hydrogen-bond donors (Lipinski definition) is 1. The number of rotatable bonds is 6. The second-order valence-corrected chi connectivity index (χ2v) is 6.51. The number of amides is 2. The summed E-state index contributed by atoms with van der Waals surface area (Å²) in [5.41, 5.74) is 1.81. The Morgan fingerprint density at radius 3 is 2.62 bits per heavy atom. The predicted molar refractivity (Wildman–Crippen MR) is 102 cm³/mol. The largest absolute Gasteiger partial charge is 0.333 e. The van der Waals surface area contributed by atoms with Crippen LogP contribution in [0.5, 0.6) is 0 Å². The molecule has 1 N–H and O–H groups in total. The van der Waals surface area contributed by atoms with Gasteiger partial charge in [0.25, 0.3) is 0 Å². The van der Waals surface area contributed by atoms with Crippen molar-refractivity contribution >= 4 is 40.7 Å². The maximum Gasteiger partial charge on any atom is 0.243 e. The van der Waals surface area contributed by atoms with Gasteiger partial charge >= 0.3 is 0 Å². The third-order valence-electron chi connectivity index (χ3n) is 3.72. The summed E-state index contributed by atoms with van der Waals surface area (Å²) in [7, 11) is 0. The van der Waals surface area contributed by atoms with E-state index in [1.165, 1.54) is 11.8 Å². The number of hydrogen-bond acceptors (Lipinski definition) is 3. The van der Waals surface area contributed by atoms with Gasteiger partial charge in [0.1, 0.15) is 0 Å². The fraction of sp³-hybridized carbons (Fsp3) is 0.211. The highest BCUT2D eigenvalue weighted by Crippen LogP contribution is 2.21. The normalized spacial score (nSPS) is 10.1. The number of carbonyl (C=O) groups is 2. The summed E-state index contributed by atoms with van der Waals surface area (Å²) in [5, 5.41) is 12.7. The van der Waals surface area contributed by atoms with E-state index in [4.69, 9.17) is 28.5 Å². The lowest BCUT2D eigenvalue weighted by Gasteiger charge is -2.21. The molecule has 0 spiro atoms. The monoisotopic (exact) mass is 389 g/mol. The van der Waals surface area contributed by atoms with Crippen molar-refractivity contribution in [3.05, 3.63) is 63.6 Å². The topological polar surface area (TPSA) is 73.2 Å². The van der Waals surface area contributed by atoms with Gasteiger partial charge < -0.3 is 10.2 Å². The van der Waals surface area contributed by atoms with Crippen molar-refractivity contribution in [1.29, 1.82) is 5.26 Å². The molecule has 7 heteroatoms. The van der Waals surface area contributed by atoms with Crippen molar-refractivity contribution in [3.8, 4) is 6.07 Å². The second kappa shape index (κ2) is 9.23. The molecule has 2 aromatic carbocycles. The van der Waals surface area contributed by atoms with Crippen LogP contribution in [0.3, 0.4) is 0 Å². The molecule has 0 atom stereocenters. The van der Waals surface area contributed by atoms with Crippen LogP contribution < -0.4 is 5.32 Å². The molecule has 0 bridgehead atoms. The number of nitriles is 1. The summed E-state index contributed by atoms with van der Waals surface area (Å²) in [6, 6.07) is 13.8. The van der Waals surface area contributed by atoms with E-state index in [0.717, 1.165) is 5.56 Å². The van der Waals surface area contributed by atoms with Crippen molar-refractivity contribution in [2.75, 3.05) is 18.4 Å². The van der Waals surface area contributed by atoms with E-state index in [1.54, 1.807) is 42.5 Å². The molecule has 0 heterocycles. The van der Waals surface area contributed by atoms with Crippen LogP contribution in [0, 0.1) is 11.3 Å². The Balaban J connectivity index is 1.97. The van der Waals surface area contributed by atoms with Gasteiger partial charge in [-0.2, -0.15) is 5.26 Å². The van der Waals surface area contributed by atoms with Crippen molar-refractivity contribution in [1.82, 2.24) is 4.90 Å². The van der Waals surface area contributed by atoms with Crippen LogP contribution in [0.2, 0.25) is 10.0 Å². The third-order valence-corrected chi connectivity index (χ3v) is 4.31. The van der Waals surface area contributed by atoms with Gasteiger partial charge in [0, 0.05) is 29.2 Å². The van der Waals surface area contributed by atoms with E-state index < -0.39 is 0 Å². The maximum absolute atomic E-state index is 12.2. The summed E-state index contributed by atoms with van der Waals surface area (Å²) in [4.78, 5) is 25.5. The standard InChI is InChI=1S/C19H17Cl2N3O2/c1-13(25)24(8-7-15-5-6-16(20)10-18(15)21)12-19(26)23-17-4-2-3-14(9-17)11-22/h2-6,9-10H,7-8,12H2,1H3,(H,23,26). The average molecular weight is 390 g/mol. The zero-order chi connectivity index (χ0) is 19.1. The Labute approximate surface area is 162 Å². The van der Waals surface area contributed by atoms with Gasteiger partial charge in [0.15, 0.2) is 0 Å². The predicted octanol–water partition coefficient (Wildman–Crippen LogP) is 3.89. The third kappa shape index (κ3) is 5.76. The lowest BCUT2D eigenvalue weighted by Crippen LogP contribution is -2.38. The van der Waals surface area contributed by atoms with E-state index in [2.05, 4.69) is 5.32 Å². The Hall–Kier alpha value is -2.55. The first-order chi connectivity index (χ1) is 12.4. The van der Waals surface area contributed by atoms with Crippen molar-refractivity contribution in [3.63, 3.8) is 0 Å². The quantitative estimate of drug-likeness (QED) is 0.813. The Morgan fingerprint density at radius 2 is 1.96 bits per heavy atom. The summed E-state index contributed by atoms with van der Waals surface area (Å²) in [6.07, 6.45) is 0.507. The first kappa shape index (κ1) is 19.8. The lowest BCUT2D eigenvalue weighted by atomic mass is 10.1. The van der Waals surface area contributed by atoms with Gasteiger partial charge in [-0.25, -0.2) is 0 Å². The first-order valence-corrected chi connectivity index (χ1v) is 8.64. The molecule has 5 nitrogen and oxygen atoms in total. The molecule has 134 valence electrons. The summed E-state index contributed by atoms with van der Waals surface area (Å²) >= 11 is 12.0. The number of halogens is 2. The van der Waals surface area contributed by atoms with Gasteiger partial charge in [-0.15, -0.1) is 0 Å². The molecule has 0 aliphatic rings. The minimum atomic E-state index is -0.336. The van der Waals surface area contributed by atoms with E-state index in [1.807, 2.05) is 6.07 Å². The number of nitrogens with one attached hydrogen (secondary N) is 1. The first-order valence-electron chi connectivity index (χ1n) is 7.88. The minimum Gasteiger partial charge on any atom is -0.333 e. The molecular weight excluding hydrogens is 373 g/mol. The molecular formula is C19H17Cl2N3O2. The molecule has 0 fully saturated rings. The summed E-state index contributed by atoms with van der Waals surface area (Å²) in [6.45, 7) is 1.67. The number of benzene rings is 2. The molecule has 0 aromatic heterocycles. The molecule has 26 heavy (non-hydrogen) atoms. The van der Waals surface area contributed by atoms with Gasteiger partial charge in [0.05, 0.1) is 18.2 Å². The molecule has 0 unspecified atom stereocenters. The molecule has 0 saturated carbocycles. The van der Waals surface area contributed by atoms with E-state index >= 15 is 0 Å². The fourth-order valence-corrected chi connectivity index (χ4v) is 2.87. The van der Waals surface area contributed by atoms with Gasteiger partial charge in [-0.05, 0) is 42.3 Å². The Morgan fingerprint density at radius 1 is 1.19 bits per heavy atom. The van der Waals surface area contributed by atoms with E-state index in [0.29, 0.717) is 34.3 Å². The van der Waals surface area contributed by atoms with Crippen molar-refractivity contribution < 1.29 is 9.59 Å². The average Bonchev–Trinajstić information content (AvgIpc) is 2.59. The van der Waals surface area contributed by atoms with Crippen LogP contribution in [0.15, 0.2) is 42.5 Å². The number of nitrogens with zero attached hydrogens (tertiary/aromatic N) is 2. The maximum atomic E-state index is 12.2. The van der Waals surface area contributed by atoms with Gasteiger partial charge in [0.2, 0.25) is 11.8 Å². The van der Waals surface area contributed by atoms with Crippen LogP contribution in [-0.2, 0) is 16.0 Å². The molecule has 0 saturated heterocycles. The minimum absolute atomic E-state index is 0.0860. The molecule has 0 aliphatic heterocycles. The highest BCUT2D eigenvalue weighted by molar-refractivity contribution is 6.35. The molecule has 2 amide bonds. The van der Waals surface area contributed by atoms with E-state index in [9.17, 15) is 9.59 Å². The van der Waals surface area contributed by atoms with Crippen LogP contribution in [0.1, 0.15) is 18.1 Å². The smallest absolute Gasteiger partial charge is 0.243 e. The highest BCUT2D eigenvalue weighted by atomic mass is 35.5. The fourth-order valence-electron chi connectivity index (χ4n) is 2.37. The highest BCUT2D eigenvalue weighted by Gasteiger charge is 2.15. The summed E-state index contributed by atoms with van der Waals surface area (Å²) < 4.78 is 0. The lowest BCUT2D eigenvalue weighted by molar-refractivity contribution is -0.132. The van der Waals surface area contributed by atoms with Gasteiger partial charge in [-0.1, -0.05) is 35.3 Å². The van der Waals surface area contributed by atoms with Crippen LogP contribution in [-0.4, -0.2) is 29.8 Å². The van der Waals surface area contributed by atoms with Crippen LogP contribution in [0.4, 0.5) is 5.69 Å². The molecule has 2 rings (SSSR count). The van der Waals surface area contributed by atoms with Crippen molar-refractivity contribution in [2.45, 2.75) is 13.3 Å². The van der Waals surface area contributed by atoms with Gasteiger partial charge in [-0.3, -0.25) is 9.59 Å². The SMILES string of the molecule is CC(=O)N(CCc1ccc(Cl)cc1Cl)CC(=O)Nc1cccc(C#N)c1. The zero-order valence-electron chi connectivity index (χ0n) is 14.1. The van der Waals surface area contributed by atoms with Crippen LogP contribution in [0.25, 0.3) is 0 Å². The van der Waals surface area contributed by atoms with Crippen LogP contribution >= 0.6 is 23.2 Å². The van der Waals surface area contributed by atoms with Crippen molar-refractivity contribution in [2.24, 2.45) is 0 Å².